The minimum Gasteiger partial charge on any atom is -0.467 e. The lowest BCUT2D eigenvalue weighted by atomic mass is 9.82. The zero-order valence-electron chi connectivity index (χ0n) is 13.9. The van der Waals surface area contributed by atoms with E-state index >= 15 is 0 Å². The molecule has 6 heteroatoms. The molecule has 1 heterocycles. The van der Waals surface area contributed by atoms with Crippen molar-refractivity contribution in [1.82, 2.24) is 4.90 Å². The molecule has 1 amide bonds. The van der Waals surface area contributed by atoms with Gasteiger partial charge in [-0.3, -0.25) is 4.90 Å². The van der Waals surface area contributed by atoms with Crippen LogP contribution in [-0.4, -0.2) is 42.7 Å². The maximum Gasteiger partial charge on any atom is 0.411 e. The minimum atomic E-state index is -1.20. The second kappa shape index (κ2) is 7.97. The summed E-state index contributed by atoms with van der Waals surface area (Å²) in [5.41, 5.74) is 5.60. The molecule has 0 spiro atoms. The van der Waals surface area contributed by atoms with Gasteiger partial charge in [-0.2, -0.15) is 0 Å². The van der Waals surface area contributed by atoms with E-state index in [4.69, 9.17) is 15.2 Å². The van der Waals surface area contributed by atoms with E-state index in [0.717, 1.165) is 5.56 Å². The van der Waals surface area contributed by atoms with E-state index in [2.05, 4.69) is 6.58 Å². The molecule has 1 fully saturated rings. The van der Waals surface area contributed by atoms with Gasteiger partial charge in [0.15, 0.2) is 5.54 Å². The molecule has 2 rings (SSSR count). The molecule has 0 radical (unpaired) electrons. The van der Waals surface area contributed by atoms with Crippen molar-refractivity contribution in [2.75, 3.05) is 20.2 Å². The van der Waals surface area contributed by atoms with Crippen LogP contribution in [-0.2, 0) is 20.9 Å². The number of rotatable bonds is 6. The molecule has 2 unspecified atom stereocenters. The fourth-order valence-electron chi connectivity index (χ4n) is 3.32. The number of carbonyl (C=O) groups excluding carboxylic acids is 2. The standard InChI is InChI=1S/C18H24N2O4/c1-3-7-15-10-11-20(18(15,13-19)16(21)23-2)17(22)24-12-14-8-5-4-6-9-14/h3-6,8-9,15H,1,7,10-13,19H2,2H3. The number of allylic oxidation sites excluding steroid dienone is 1. The highest BCUT2D eigenvalue weighted by molar-refractivity contribution is 5.87. The third-order valence-corrected chi connectivity index (χ3v) is 4.58. The quantitative estimate of drug-likeness (QED) is 0.637. The van der Waals surface area contributed by atoms with Crippen LogP contribution in [0.3, 0.4) is 0 Å². The van der Waals surface area contributed by atoms with Crippen molar-refractivity contribution < 1.29 is 19.1 Å². The van der Waals surface area contributed by atoms with E-state index < -0.39 is 17.6 Å². The smallest absolute Gasteiger partial charge is 0.411 e. The molecular formula is C18H24N2O4. The number of benzene rings is 1. The number of carbonyl (C=O) groups is 2. The molecule has 6 nitrogen and oxygen atoms in total. The van der Waals surface area contributed by atoms with Crippen LogP contribution < -0.4 is 5.73 Å². The average molecular weight is 332 g/mol. The van der Waals surface area contributed by atoms with Crippen LogP contribution in [0.15, 0.2) is 43.0 Å². The van der Waals surface area contributed by atoms with E-state index in [1.165, 1.54) is 12.0 Å². The van der Waals surface area contributed by atoms with E-state index in [1.54, 1.807) is 6.08 Å². The largest absolute Gasteiger partial charge is 0.467 e. The van der Waals surface area contributed by atoms with Gasteiger partial charge in [0.1, 0.15) is 6.61 Å². The van der Waals surface area contributed by atoms with Crippen LogP contribution in [0.4, 0.5) is 4.79 Å². The molecule has 0 aromatic heterocycles. The number of amides is 1. The van der Waals surface area contributed by atoms with Crippen molar-refractivity contribution in [3.05, 3.63) is 48.6 Å². The van der Waals surface area contributed by atoms with Crippen molar-refractivity contribution in [2.24, 2.45) is 11.7 Å². The summed E-state index contributed by atoms with van der Waals surface area (Å²) in [5.74, 6) is -0.636. The first-order valence-corrected chi connectivity index (χ1v) is 7.97. The number of hydrogen-bond acceptors (Lipinski definition) is 5. The molecule has 1 aromatic carbocycles. The van der Waals surface area contributed by atoms with Gasteiger partial charge in [-0.05, 0) is 24.3 Å². The van der Waals surface area contributed by atoms with Crippen molar-refractivity contribution in [3.8, 4) is 0 Å². The molecule has 24 heavy (non-hydrogen) atoms. The molecule has 1 aromatic rings. The Bertz CT molecular complexity index is 590. The zero-order chi connectivity index (χ0) is 17.6. The van der Waals surface area contributed by atoms with E-state index in [9.17, 15) is 9.59 Å². The maximum atomic E-state index is 12.6. The lowest BCUT2D eigenvalue weighted by Gasteiger charge is -2.37. The van der Waals surface area contributed by atoms with Crippen molar-refractivity contribution in [2.45, 2.75) is 25.0 Å². The third kappa shape index (κ3) is 3.28. The van der Waals surface area contributed by atoms with Gasteiger partial charge in [-0.15, -0.1) is 6.58 Å². The Morgan fingerprint density at radius 2 is 2.12 bits per heavy atom. The van der Waals surface area contributed by atoms with E-state index in [1.807, 2.05) is 30.3 Å². The molecular weight excluding hydrogens is 308 g/mol. The second-order valence-corrected chi connectivity index (χ2v) is 5.82. The van der Waals surface area contributed by atoms with Crippen LogP contribution in [0.25, 0.3) is 0 Å². The third-order valence-electron chi connectivity index (χ3n) is 4.58. The molecule has 1 aliphatic rings. The molecule has 0 bridgehead atoms. The Morgan fingerprint density at radius 3 is 2.71 bits per heavy atom. The summed E-state index contributed by atoms with van der Waals surface area (Å²) in [6.07, 6.45) is 2.41. The first-order valence-electron chi connectivity index (χ1n) is 7.97. The van der Waals surface area contributed by atoms with Crippen molar-refractivity contribution in [3.63, 3.8) is 0 Å². The summed E-state index contributed by atoms with van der Waals surface area (Å²) in [7, 11) is 1.30. The topological polar surface area (TPSA) is 81.9 Å². The van der Waals surface area contributed by atoms with Crippen LogP contribution in [0.5, 0.6) is 0 Å². The molecule has 0 aliphatic carbocycles. The summed E-state index contributed by atoms with van der Waals surface area (Å²) < 4.78 is 10.3. The van der Waals surface area contributed by atoms with Crippen LogP contribution in [0.1, 0.15) is 18.4 Å². The highest BCUT2D eigenvalue weighted by atomic mass is 16.6. The van der Waals surface area contributed by atoms with Crippen molar-refractivity contribution >= 4 is 12.1 Å². The van der Waals surface area contributed by atoms with Gasteiger partial charge in [-0.25, -0.2) is 9.59 Å². The maximum absolute atomic E-state index is 12.6. The van der Waals surface area contributed by atoms with Gasteiger partial charge >= 0.3 is 12.1 Å². The average Bonchev–Trinajstić information content (AvgIpc) is 2.99. The van der Waals surface area contributed by atoms with Gasteiger partial charge < -0.3 is 15.2 Å². The molecule has 2 N–H and O–H groups in total. The van der Waals surface area contributed by atoms with Gasteiger partial charge in [0, 0.05) is 13.1 Å². The van der Waals surface area contributed by atoms with Crippen LogP contribution >= 0.6 is 0 Å². The fourth-order valence-corrected chi connectivity index (χ4v) is 3.32. The molecule has 1 aliphatic heterocycles. The number of esters is 1. The number of nitrogens with two attached hydrogens (primary N) is 1. The number of likely N-dealkylation sites (tertiary alicyclic amines) is 1. The number of ether oxygens (including phenoxy) is 2. The van der Waals surface area contributed by atoms with Gasteiger partial charge in [0.25, 0.3) is 0 Å². The second-order valence-electron chi connectivity index (χ2n) is 5.82. The van der Waals surface area contributed by atoms with Gasteiger partial charge in [0.2, 0.25) is 0 Å². The molecule has 130 valence electrons. The number of hydrogen-bond donors (Lipinski definition) is 1. The summed E-state index contributed by atoms with van der Waals surface area (Å²) in [5, 5.41) is 0. The van der Waals surface area contributed by atoms with Crippen molar-refractivity contribution in [1.29, 1.82) is 0 Å². The highest BCUT2D eigenvalue weighted by Gasteiger charge is 2.56. The Balaban J connectivity index is 2.18. The Morgan fingerprint density at radius 1 is 1.42 bits per heavy atom. The first-order chi connectivity index (χ1) is 11.6. The highest BCUT2D eigenvalue weighted by Crippen LogP contribution is 2.38. The fraction of sp³-hybridized carbons (Fsp3) is 0.444. The normalized spacial score (nSPS) is 22.9. The summed E-state index contributed by atoms with van der Waals surface area (Å²) in [4.78, 5) is 26.4. The van der Waals surface area contributed by atoms with Crippen LogP contribution in [0, 0.1) is 5.92 Å². The number of methoxy groups -OCH3 is 1. The minimum absolute atomic E-state index is 0.0153. The van der Waals surface area contributed by atoms with Gasteiger partial charge in [0.05, 0.1) is 7.11 Å². The van der Waals surface area contributed by atoms with Crippen LogP contribution in [0.2, 0.25) is 0 Å². The Kier molecular flexibility index (Phi) is 5.98. The monoisotopic (exact) mass is 332 g/mol. The Labute approximate surface area is 142 Å². The van der Waals surface area contributed by atoms with E-state index in [-0.39, 0.29) is 19.1 Å². The Hall–Kier alpha value is -2.34. The predicted octanol–water partition coefficient (Wildman–Crippen LogP) is 2.09. The lowest BCUT2D eigenvalue weighted by Crippen LogP contribution is -2.61. The summed E-state index contributed by atoms with van der Waals surface area (Å²) in [6.45, 7) is 4.26. The molecule has 1 saturated heterocycles. The van der Waals surface area contributed by atoms with Gasteiger partial charge in [-0.1, -0.05) is 36.4 Å². The lowest BCUT2D eigenvalue weighted by molar-refractivity contribution is -0.154. The molecule has 2 atom stereocenters. The summed E-state index contributed by atoms with van der Waals surface area (Å²) >= 11 is 0. The zero-order valence-corrected chi connectivity index (χ0v) is 13.9. The van der Waals surface area contributed by atoms with E-state index in [0.29, 0.717) is 19.4 Å². The molecule has 0 saturated carbocycles. The predicted molar refractivity (Wildman–Crippen MR) is 90.1 cm³/mol. The first kappa shape index (κ1) is 18.0. The SMILES string of the molecule is C=CCC1CCN(C(=O)OCc2ccccc2)C1(CN)C(=O)OC. The number of nitrogens with zero attached hydrogens (tertiary/aromatic N) is 1. The summed E-state index contributed by atoms with van der Waals surface area (Å²) in [6, 6.07) is 9.38.